The van der Waals surface area contributed by atoms with Crippen LogP contribution in [0.1, 0.15) is 37.3 Å². The first kappa shape index (κ1) is 14.7. The molecule has 0 N–H and O–H groups in total. The predicted molar refractivity (Wildman–Crippen MR) is 82.2 cm³/mol. The van der Waals surface area contributed by atoms with E-state index in [2.05, 4.69) is 36.9 Å². The van der Waals surface area contributed by atoms with Crippen molar-refractivity contribution in [3.05, 3.63) is 29.3 Å². The SMILES string of the molecule is CCCOC1CCCN(c2ccc(C)cc2CCl)C1. The lowest BCUT2D eigenvalue weighted by Gasteiger charge is -2.35. The van der Waals surface area contributed by atoms with Gasteiger partial charge in [-0.1, -0.05) is 24.6 Å². The van der Waals surface area contributed by atoms with Crippen LogP contribution in [0.5, 0.6) is 0 Å². The molecule has 2 rings (SSSR count). The fraction of sp³-hybridized carbons (Fsp3) is 0.625. The molecule has 0 spiro atoms. The second-order valence-electron chi connectivity index (χ2n) is 5.35. The van der Waals surface area contributed by atoms with Gasteiger partial charge in [-0.2, -0.15) is 0 Å². The zero-order chi connectivity index (χ0) is 13.7. The van der Waals surface area contributed by atoms with E-state index in [1.165, 1.54) is 29.7 Å². The number of anilines is 1. The number of ether oxygens (including phenoxy) is 1. The number of aryl methyl sites for hydroxylation is 1. The first-order valence-corrected chi connectivity index (χ1v) is 7.80. The summed E-state index contributed by atoms with van der Waals surface area (Å²) in [6.07, 6.45) is 3.84. The van der Waals surface area contributed by atoms with Crippen molar-refractivity contribution in [2.75, 3.05) is 24.6 Å². The molecule has 1 aliphatic heterocycles. The van der Waals surface area contributed by atoms with Crippen molar-refractivity contribution in [3.8, 4) is 0 Å². The Bertz CT molecular complexity index is 408. The maximum atomic E-state index is 6.09. The minimum atomic E-state index is 0.373. The Morgan fingerprint density at radius 1 is 1.42 bits per heavy atom. The van der Waals surface area contributed by atoms with Gasteiger partial charge in [-0.15, -0.1) is 11.6 Å². The highest BCUT2D eigenvalue weighted by atomic mass is 35.5. The van der Waals surface area contributed by atoms with Crippen LogP contribution in [0, 0.1) is 6.92 Å². The molecule has 1 aliphatic rings. The molecule has 1 unspecified atom stereocenters. The minimum absolute atomic E-state index is 0.373. The molecule has 0 radical (unpaired) electrons. The number of alkyl halides is 1. The standard InChI is InChI=1S/C16H24ClNO/c1-3-9-19-15-5-4-8-18(12-15)16-7-6-13(2)10-14(16)11-17/h6-7,10,15H,3-5,8-9,11-12H2,1-2H3. The molecule has 106 valence electrons. The van der Waals surface area contributed by atoms with Crippen LogP contribution < -0.4 is 4.90 Å². The summed E-state index contributed by atoms with van der Waals surface area (Å²) in [5.41, 5.74) is 3.79. The Labute approximate surface area is 121 Å². The average Bonchev–Trinajstić information content (AvgIpc) is 2.45. The summed E-state index contributed by atoms with van der Waals surface area (Å²) in [7, 11) is 0. The van der Waals surface area contributed by atoms with Gasteiger partial charge in [-0.25, -0.2) is 0 Å². The summed E-state index contributed by atoms with van der Waals surface area (Å²) < 4.78 is 5.91. The third-order valence-corrected chi connectivity index (χ3v) is 3.94. The Kier molecular flexibility index (Phi) is 5.53. The Hall–Kier alpha value is -0.730. The van der Waals surface area contributed by atoms with Crippen molar-refractivity contribution in [1.82, 2.24) is 0 Å². The quantitative estimate of drug-likeness (QED) is 0.753. The molecule has 3 heteroatoms. The zero-order valence-corrected chi connectivity index (χ0v) is 12.7. The third-order valence-electron chi connectivity index (χ3n) is 3.66. The van der Waals surface area contributed by atoms with Gasteiger partial charge < -0.3 is 9.64 Å². The van der Waals surface area contributed by atoms with Crippen molar-refractivity contribution in [1.29, 1.82) is 0 Å². The molecule has 1 saturated heterocycles. The van der Waals surface area contributed by atoms with Crippen LogP contribution in [-0.2, 0) is 10.6 Å². The molecule has 19 heavy (non-hydrogen) atoms. The molecular formula is C16H24ClNO. The summed E-state index contributed by atoms with van der Waals surface area (Å²) in [5.74, 6) is 0.577. The fourth-order valence-corrected chi connectivity index (χ4v) is 2.92. The van der Waals surface area contributed by atoms with Crippen molar-refractivity contribution < 1.29 is 4.74 Å². The van der Waals surface area contributed by atoms with Crippen LogP contribution in [0.3, 0.4) is 0 Å². The van der Waals surface area contributed by atoms with Gasteiger partial charge in [-0.3, -0.25) is 0 Å². The van der Waals surface area contributed by atoms with E-state index < -0.39 is 0 Å². The first-order chi connectivity index (χ1) is 9.24. The average molecular weight is 282 g/mol. The topological polar surface area (TPSA) is 12.5 Å². The van der Waals surface area contributed by atoms with Crippen molar-refractivity contribution in [2.24, 2.45) is 0 Å². The summed E-state index contributed by atoms with van der Waals surface area (Å²) in [6.45, 7) is 7.25. The highest BCUT2D eigenvalue weighted by molar-refractivity contribution is 6.17. The molecule has 0 bridgehead atoms. The zero-order valence-electron chi connectivity index (χ0n) is 12.0. The largest absolute Gasteiger partial charge is 0.376 e. The van der Waals surface area contributed by atoms with Crippen LogP contribution in [0.15, 0.2) is 18.2 Å². The van der Waals surface area contributed by atoms with E-state index in [4.69, 9.17) is 16.3 Å². The number of piperidine rings is 1. The molecule has 1 atom stereocenters. The minimum Gasteiger partial charge on any atom is -0.376 e. The lowest BCUT2D eigenvalue weighted by molar-refractivity contribution is 0.0440. The Morgan fingerprint density at radius 3 is 3.00 bits per heavy atom. The van der Waals surface area contributed by atoms with E-state index in [0.717, 1.165) is 26.1 Å². The molecule has 0 aromatic heterocycles. The summed E-state index contributed by atoms with van der Waals surface area (Å²) >= 11 is 6.09. The van der Waals surface area contributed by atoms with Crippen molar-refractivity contribution in [2.45, 2.75) is 45.1 Å². The molecule has 1 fully saturated rings. The van der Waals surface area contributed by atoms with Crippen molar-refractivity contribution in [3.63, 3.8) is 0 Å². The van der Waals surface area contributed by atoms with Gasteiger partial charge in [0.15, 0.2) is 0 Å². The van der Waals surface area contributed by atoms with E-state index in [1.807, 2.05) is 0 Å². The van der Waals surface area contributed by atoms with Crippen LogP contribution in [0.25, 0.3) is 0 Å². The summed E-state index contributed by atoms with van der Waals surface area (Å²) in [4.78, 5) is 2.43. The third kappa shape index (κ3) is 3.87. The maximum absolute atomic E-state index is 6.09. The summed E-state index contributed by atoms with van der Waals surface area (Å²) in [5, 5.41) is 0. The van der Waals surface area contributed by atoms with Gasteiger partial charge in [0, 0.05) is 31.3 Å². The number of hydrogen-bond donors (Lipinski definition) is 0. The molecule has 0 saturated carbocycles. The van der Waals surface area contributed by atoms with Crippen LogP contribution in [-0.4, -0.2) is 25.8 Å². The molecule has 1 aromatic rings. The number of hydrogen-bond acceptors (Lipinski definition) is 2. The maximum Gasteiger partial charge on any atom is 0.0750 e. The second kappa shape index (κ2) is 7.16. The Morgan fingerprint density at radius 2 is 2.26 bits per heavy atom. The normalized spacial score (nSPS) is 19.7. The fourth-order valence-electron chi connectivity index (χ4n) is 2.71. The van der Waals surface area contributed by atoms with Gasteiger partial charge in [0.1, 0.15) is 0 Å². The van der Waals surface area contributed by atoms with E-state index in [-0.39, 0.29) is 0 Å². The molecule has 2 nitrogen and oxygen atoms in total. The van der Waals surface area contributed by atoms with Gasteiger partial charge in [0.2, 0.25) is 0 Å². The highest BCUT2D eigenvalue weighted by Gasteiger charge is 2.21. The number of benzene rings is 1. The molecular weight excluding hydrogens is 258 g/mol. The van der Waals surface area contributed by atoms with E-state index in [0.29, 0.717) is 12.0 Å². The van der Waals surface area contributed by atoms with Gasteiger partial charge >= 0.3 is 0 Å². The molecule has 0 amide bonds. The number of rotatable bonds is 5. The van der Waals surface area contributed by atoms with Gasteiger partial charge in [-0.05, 0) is 37.8 Å². The number of nitrogens with zero attached hydrogens (tertiary/aromatic N) is 1. The Balaban J connectivity index is 2.08. The smallest absolute Gasteiger partial charge is 0.0750 e. The van der Waals surface area contributed by atoms with Gasteiger partial charge in [0.05, 0.1) is 6.10 Å². The molecule has 1 aromatic carbocycles. The van der Waals surface area contributed by atoms with Crippen molar-refractivity contribution >= 4 is 17.3 Å². The van der Waals surface area contributed by atoms with E-state index in [9.17, 15) is 0 Å². The van der Waals surface area contributed by atoms with Crippen LogP contribution in [0.4, 0.5) is 5.69 Å². The monoisotopic (exact) mass is 281 g/mol. The summed E-state index contributed by atoms with van der Waals surface area (Å²) in [6, 6.07) is 6.57. The van der Waals surface area contributed by atoms with Crippen LogP contribution >= 0.6 is 11.6 Å². The highest BCUT2D eigenvalue weighted by Crippen LogP contribution is 2.27. The van der Waals surface area contributed by atoms with E-state index >= 15 is 0 Å². The lowest BCUT2D eigenvalue weighted by Crippen LogP contribution is -2.40. The molecule has 1 heterocycles. The number of halogens is 1. The lowest BCUT2D eigenvalue weighted by atomic mass is 10.0. The van der Waals surface area contributed by atoms with Crippen LogP contribution in [0.2, 0.25) is 0 Å². The second-order valence-corrected chi connectivity index (χ2v) is 5.61. The predicted octanol–water partition coefficient (Wildman–Crippen LogP) is 4.13. The first-order valence-electron chi connectivity index (χ1n) is 7.26. The molecule has 0 aliphatic carbocycles. The van der Waals surface area contributed by atoms with E-state index in [1.54, 1.807) is 0 Å². The van der Waals surface area contributed by atoms with Gasteiger partial charge in [0.25, 0.3) is 0 Å².